The van der Waals surface area contributed by atoms with Crippen LogP contribution in [-0.4, -0.2) is 43.1 Å². The van der Waals surface area contributed by atoms with E-state index in [-0.39, 0.29) is 24.8 Å². The molecular formula is C22H24N2O5. The van der Waals surface area contributed by atoms with Crippen molar-refractivity contribution in [2.75, 3.05) is 25.1 Å². The lowest BCUT2D eigenvalue weighted by atomic mass is 9.98. The number of hydrogen-bond donors (Lipinski definition) is 2. The van der Waals surface area contributed by atoms with E-state index >= 15 is 0 Å². The zero-order valence-electron chi connectivity index (χ0n) is 16.5. The molecule has 1 aliphatic heterocycles. The van der Waals surface area contributed by atoms with Crippen molar-refractivity contribution in [3.63, 3.8) is 0 Å². The van der Waals surface area contributed by atoms with Gasteiger partial charge in [-0.25, -0.2) is 0 Å². The summed E-state index contributed by atoms with van der Waals surface area (Å²) in [7, 11) is 1.54. The second-order valence-corrected chi connectivity index (χ2v) is 7.03. The fourth-order valence-corrected chi connectivity index (χ4v) is 3.57. The lowest BCUT2D eigenvalue weighted by molar-refractivity contribution is -0.141. The summed E-state index contributed by atoms with van der Waals surface area (Å²) in [5.41, 5.74) is 3.00. The molecule has 1 heterocycles. The number of fused-ring (bicyclic) bond motifs is 1. The lowest BCUT2D eigenvalue weighted by Crippen LogP contribution is -2.34. The van der Waals surface area contributed by atoms with Crippen LogP contribution in [0, 0.1) is 5.92 Å². The van der Waals surface area contributed by atoms with Gasteiger partial charge in [-0.3, -0.25) is 14.4 Å². The Hall–Kier alpha value is -3.35. The molecule has 2 aromatic carbocycles. The van der Waals surface area contributed by atoms with E-state index in [0.29, 0.717) is 24.3 Å². The van der Waals surface area contributed by atoms with Crippen molar-refractivity contribution in [3.05, 3.63) is 59.2 Å². The van der Waals surface area contributed by atoms with Crippen molar-refractivity contribution < 1.29 is 24.2 Å². The Labute approximate surface area is 169 Å². The maximum Gasteiger partial charge on any atom is 0.308 e. The highest BCUT2D eigenvalue weighted by Gasteiger charge is 2.24. The average molecular weight is 396 g/mol. The van der Waals surface area contributed by atoms with Gasteiger partial charge in [-0.2, -0.15) is 0 Å². The Morgan fingerprint density at radius 1 is 1.21 bits per heavy atom. The number of nitrogens with one attached hydrogen (secondary N) is 1. The number of hydrogen-bond acceptors (Lipinski definition) is 4. The number of carboxylic acids is 1. The van der Waals surface area contributed by atoms with Gasteiger partial charge in [0.05, 0.1) is 13.0 Å². The van der Waals surface area contributed by atoms with Crippen molar-refractivity contribution in [3.8, 4) is 5.75 Å². The molecule has 0 saturated heterocycles. The Balaban J connectivity index is 1.67. The molecule has 2 amide bonds. The molecule has 0 bridgehead atoms. The summed E-state index contributed by atoms with van der Waals surface area (Å²) in [6.45, 7) is 2.13. The number of amides is 2. The van der Waals surface area contributed by atoms with Crippen LogP contribution >= 0.6 is 0 Å². The molecule has 0 saturated carbocycles. The van der Waals surface area contributed by atoms with Crippen LogP contribution in [0.2, 0.25) is 0 Å². The van der Waals surface area contributed by atoms with Crippen LogP contribution in [0.4, 0.5) is 5.69 Å². The van der Waals surface area contributed by atoms with Crippen molar-refractivity contribution in [1.29, 1.82) is 0 Å². The number of ether oxygens (including phenoxy) is 1. The average Bonchev–Trinajstić information content (AvgIpc) is 3.14. The predicted octanol–water partition coefficient (Wildman–Crippen LogP) is 2.28. The Kier molecular flexibility index (Phi) is 6.16. The molecule has 152 valence electrons. The normalized spacial score (nSPS) is 13.5. The van der Waals surface area contributed by atoms with Crippen molar-refractivity contribution in [1.82, 2.24) is 5.32 Å². The summed E-state index contributed by atoms with van der Waals surface area (Å²) in [6.07, 6.45) is 0.943. The quantitative estimate of drug-likeness (QED) is 0.749. The summed E-state index contributed by atoms with van der Waals surface area (Å²) in [6, 6.07) is 12.4. The first-order valence-corrected chi connectivity index (χ1v) is 9.44. The largest absolute Gasteiger partial charge is 0.496 e. The maximum atomic E-state index is 12.6. The van der Waals surface area contributed by atoms with Gasteiger partial charge in [0.1, 0.15) is 5.75 Å². The fraction of sp³-hybridized carbons (Fsp3) is 0.318. The van der Waals surface area contributed by atoms with Crippen molar-refractivity contribution >= 4 is 23.5 Å². The summed E-state index contributed by atoms with van der Waals surface area (Å²) in [5.74, 6) is -1.50. The van der Waals surface area contributed by atoms with Crippen LogP contribution in [0.1, 0.15) is 28.4 Å². The van der Waals surface area contributed by atoms with E-state index in [1.165, 1.54) is 14.0 Å². The van der Waals surface area contributed by atoms with E-state index in [4.69, 9.17) is 4.74 Å². The zero-order valence-corrected chi connectivity index (χ0v) is 16.5. The first-order valence-electron chi connectivity index (χ1n) is 9.44. The fourth-order valence-electron chi connectivity index (χ4n) is 3.57. The molecule has 1 atom stereocenters. The van der Waals surface area contributed by atoms with Gasteiger partial charge in [-0.15, -0.1) is 0 Å². The van der Waals surface area contributed by atoms with E-state index in [1.54, 1.807) is 29.2 Å². The Morgan fingerprint density at radius 3 is 2.66 bits per heavy atom. The van der Waals surface area contributed by atoms with Crippen molar-refractivity contribution in [2.24, 2.45) is 5.92 Å². The minimum atomic E-state index is -0.984. The number of para-hydroxylation sites is 1. The van der Waals surface area contributed by atoms with Crippen LogP contribution in [0.3, 0.4) is 0 Å². The highest BCUT2D eigenvalue weighted by atomic mass is 16.5. The molecular weight excluding hydrogens is 372 g/mol. The third-order valence-electron chi connectivity index (χ3n) is 5.13. The molecule has 29 heavy (non-hydrogen) atoms. The first-order chi connectivity index (χ1) is 13.9. The summed E-state index contributed by atoms with van der Waals surface area (Å²) in [5, 5.41) is 12.3. The molecule has 3 rings (SSSR count). The minimum absolute atomic E-state index is 0.00285. The van der Waals surface area contributed by atoms with Gasteiger partial charge in [0.15, 0.2) is 0 Å². The smallest absolute Gasteiger partial charge is 0.308 e. The van der Waals surface area contributed by atoms with Crippen molar-refractivity contribution in [2.45, 2.75) is 19.8 Å². The number of anilines is 1. The number of carbonyl (C=O) groups is 3. The van der Waals surface area contributed by atoms with Gasteiger partial charge in [0.25, 0.3) is 5.91 Å². The van der Waals surface area contributed by atoms with E-state index in [0.717, 1.165) is 16.8 Å². The van der Waals surface area contributed by atoms with E-state index in [1.807, 2.05) is 18.2 Å². The number of carbonyl (C=O) groups excluding carboxylic acids is 2. The molecule has 0 aromatic heterocycles. The molecule has 0 radical (unpaired) electrons. The Bertz CT molecular complexity index is 941. The predicted molar refractivity (Wildman–Crippen MR) is 108 cm³/mol. The number of nitrogens with zero attached hydrogens (tertiary/aromatic N) is 1. The number of rotatable bonds is 7. The molecule has 0 spiro atoms. The number of carboxylic acid groups (broad SMARTS) is 1. The van der Waals surface area contributed by atoms with Crippen LogP contribution in [0.15, 0.2) is 42.5 Å². The van der Waals surface area contributed by atoms with Gasteiger partial charge >= 0.3 is 5.97 Å². The zero-order chi connectivity index (χ0) is 21.0. The van der Waals surface area contributed by atoms with E-state index in [9.17, 15) is 19.5 Å². The molecule has 1 aliphatic rings. The first kappa shape index (κ1) is 20.4. The highest BCUT2D eigenvalue weighted by Crippen LogP contribution is 2.29. The minimum Gasteiger partial charge on any atom is -0.496 e. The molecule has 7 heteroatoms. The van der Waals surface area contributed by atoms with Crippen LogP contribution < -0.4 is 15.0 Å². The van der Waals surface area contributed by atoms with Crippen LogP contribution in [0.5, 0.6) is 5.75 Å². The summed E-state index contributed by atoms with van der Waals surface area (Å²) >= 11 is 0. The Morgan fingerprint density at radius 2 is 1.97 bits per heavy atom. The molecule has 2 aromatic rings. The molecule has 7 nitrogen and oxygen atoms in total. The third-order valence-corrected chi connectivity index (χ3v) is 5.13. The summed E-state index contributed by atoms with van der Waals surface area (Å²) in [4.78, 5) is 37.6. The number of aliphatic carboxylic acids is 1. The van der Waals surface area contributed by atoms with Gasteiger partial charge in [-0.1, -0.05) is 18.2 Å². The number of methoxy groups -OCH3 is 1. The highest BCUT2D eigenvalue weighted by molar-refractivity contribution is 5.98. The van der Waals surface area contributed by atoms with Gasteiger partial charge in [-0.05, 0) is 48.2 Å². The van der Waals surface area contributed by atoms with Gasteiger partial charge < -0.3 is 20.1 Å². The molecule has 0 aliphatic carbocycles. The maximum absolute atomic E-state index is 12.6. The van der Waals surface area contributed by atoms with Crippen LogP contribution in [0.25, 0.3) is 0 Å². The molecule has 2 N–H and O–H groups in total. The van der Waals surface area contributed by atoms with E-state index < -0.39 is 11.9 Å². The molecule has 0 fully saturated rings. The second-order valence-electron chi connectivity index (χ2n) is 7.03. The standard InChI is InChI=1S/C22H24N2O5/c1-14(25)24-10-9-15-11-17(7-8-19(15)24)21(26)23-13-18(22(27)28)12-16-5-3-4-6-20(16)29-2/h3-8,11,18H,9-10,12-13H2,1-2H3,(H,23,26)(H,27,28). The van der Waals surface area contributed by atoms with Crippen LogP contribution in [-0.2, 0) is 22.4 Å². The SMILES string of the molecule is COc1ccccc1CC(CNC(=O)c1ccc2c(c1)CCN2C(C)=O)C(=O)O. The number of benzene rings is 2. The second kappa shape index (κ2) is 8.77. The lowest BCUT2D eigenvalue weighted by Gasteiger charge is -2.16. The monoisotopic (exact) mass is 396 g/mol. The third kappa shape index (κ3) is 4.56. The molecule has 1 unspecified atom stereocenters. The van der Waals surface area contributed by atoms with Gasteiger partial charge in [0, 0.05) is 31.3 Å². The van der Waals surface area contributed by atoms with E-state index in [2.05, 4.69) is 5.32 Å². The van der Waals surface area contributed by atoms with Gasteiger partial charge in [0.2, 0.25) is 5.91 Å². The summed E-state index contributed by atoms with van der Waals surface area (Å²) < 4.78 is 5.28. The topological polar surface area (TPSA) is 95.9 Å².